The molecule has 0 spiro atoms. The Balaban J connectivity index is 0.000000791. The third-order valence-corrected chi connectivity index (χ3v) is 1.73. The first kappa shape index (κ1) is 12.4. The summed E-state index contributed by atoms with van der Waals surface area (Å²) in [6, 6.07) is 7.10. The smallest absolute Gasteiger partial charge is 0.274 e. The van der Waals surface area contributed by atoms with Crippen molar-refractivity contribution in [3.05, 3.63) is 48.6 Å². The van der Waals surface area contributed by atoms with E-state index >= 15 is 0 Å². The summed E-state index contributed by atoms with van der Waals surface area (Å²) in [7, 11) is 0. The Labute approximate surface area is 84.0 Å². The fourth-order valence-electron chi connectivity index (χ4n) is 0.956. The Morgan fingerprint density at radius 3 is 2.21 bits per heavy atom. The topological polar surface area (TPSA) is 49.3 Å². The van der Waals surface area contributed by atoms with E-state index in [0.29, 0.717) is 5.56 Å². The molecule has 1 rings (SSSR count). The van der Waals surface area contributed by atoms with E-state index in [1.807, 2.05) is 19.1 Å². The highest BCUT2D eigenvalue weighted by atomic mass is 16.5. The Bertz CT molecular complexity index is 280. The van der Waals surface area contributed by atoms with Gasteiger partial charge in [0.15, 0.2) is 0 Å². The van der Waals surface area contributed by atoms with Crippen LogP contribution in [-0.4, -0.2) is 11.1 Å². The number of nitrogens with one attached hydrogen (secondary N) is 1. The van der Waals surface area contributed by atoms with E-state index in [1.54, 1.807) is 17.6 Å². The number of aryl methyl sites for hydroxylation is 1. The number of hydroxylamine groups is 1. The molecular formula is C11H15NO2. The molecule has 1 aromatic rings. The molecule has 1 aromatic carbocycles. The maximum atomic E-state index is 10.9. The van der Waals surface area contributed by atoms with E-state index in [2.05, 4.69) is 13.2 Å². The molecule has 0 aliphatic carbocycles. The molecule has 1 amide bonds. The van der Waals surface area contributed by atoms with Crippen molar-refractivity contribution >= 4 is 5.91 Å². The zero-order valence-corrected chi connectivity index (χ0v) is 8.29. The van der Waals surface area contributed by atoms with Crippen LogP contribution in [0.15, 0.2) is 37.4 Å². The van der Waals surface area contributed by atoms with Gasteiger partial charge in [0.05, 0.1) is 0 Å². The van der Waals surface area contributed by atoms with Gasteiger partial charge in [-0.3, -0.25) is 10.0 Å². The van der Waals surface area contributed by atoms with Gasteiger partial charge >= 0.3 is 0 Å². The quantitative estimate of drug-likeness (QED) is 0.429. The largest absolute Gasteiger partial charge is 0.288 e. The van der Waals surface area contributed by atoms with Gasteiger partial charge in [0.1, 0.15) is 0 Å². The normalized spacial score (nSPS) is 8.43. The predicted molar refractivity (Wildman–Crippen MR) is 56.3 cm³/mol. The Kier molecular flexibility index (Phi) is 6.07. The van der Waals surface area contributed by atoms with E-state index < -0.39 is 5.91 Å². The lowest BCUT2D eigenvalue weighted by Crippen LogP contribution is -2.18. The number of carbonyl (C=O) groups excluding carboxylic acids is 1. The van der Waals surface area contributed by atoms with Gasteiger partial charge in [-0.05, 0) is 24.1 Å². The summed E-state index contributed by atoms with van der Waals surface area (Å²) in [5.74, 6) is -0.474. The number of carbonyl (C=O) groups is 1. The summed E-state index contributed by atoms with van der Waals surface area (Å²) in [6.07, 6.45) is 0.945. The van der Waals surface area contributed by atoms with Gasteiger partial charge in [0.25, 0.3) is 5.91 Å². The van der Waals surface area contributed by atoms with Gasteiger partial charge in [-0.2, -0.15) is 0 Å². The number of benzene rings is 1. The summed E-state index contributed by atoms with van der Waals surface area (Å²) < 4.78 is 0. The van der Waals surface area contributed by atoms with Gasteiger partial charge in [0, 0.05) is 5.56 Å². The minimum absolute atomic E-state index is 0.467. The Morgan fingerprint density at radius 1 is 1.36 bits per heavy atom. The SMILES string of the molecule is C=C.CCc1ccc(C(=O)NO)cc1. The fourth-order valence-corrected chi connectivity index (χ4v) is 0.956. The molecule has 0 aromatic heterocycles. The molecule has 76 valence electrons. The highest BCUT2D eigenvalue weighted by Crippen LogP contribution is 2.04. The zero-order chi connectivity index (χ0) is 11.0. The first-order valence-corrected chi connectivity index (χ1v) is 4.31. The molecule has 0 bridgehead atoms. The van der Waals surface area contributed by atoms with Crippen LogP contribution in [0.4, 0.5) is 0 Å². The van der Waals surface area contributed by atoms with Gasteiger partial charge in [-0.15, -0.1) is 13.2 Å². The average molecular weight is 193 g/mol. The lowest BCUT2D eigenvalue weighted by Gasteiger charge is -1.99. The number of rotatable bonds is 2. The minimum Gasteiger partial charge on any atom is -0.288 e. The average Bonchev–Trinajstić information content (AvgIpc) is 2.31. The molecule has 0 saturated carbocycles. The second-order valence-corrected chi connectivity index (χ2v) is 2.49. The predicted octanol–water partition coefficient (Wildman–Crippen LogP) is 2.17. The van der Waals surface area contributed by atoms with E-state index in [-0.39, 0.29) is 0 Å². The van der Waals surface area contributed by atoms with Crippen LogP contribution in [0.25, 0.3) is 0 Å². The van der Waals surface area contributed by atoms with Crippen molar-refractivity contribution in [2.75, 3.05) is 0 Å². The molecule has 0 aliphatic heterocycles. The van der Waals surface area contributed by atoms with Crippen LogP contribution in [0.5, 0.6) is 0 Å². The summed E-state index contributed by atoms with van der Waals surface area (Å²) >= 11 is 0. The summed E-state index contributed by atoms with van der Waals surface area (Å²) in [5.41, 5.74) is 3.22. The lowest BCUT2D eigenvalue weighted by atomic mass is 10.1. The molecule has 0 aliphatic rings. The molecule has 0 fully saturated rings. The van der Waals surface area contributed by atoms with E-state index in [4.69, 9.17) is 5.21 Å². The van der Waals surface area contributed by atoms with Crippen LogP contribution >= 0.6 is 0 Å². The second-order valence-electron chi connectivity index (χ2n) is 2.49. The fraction of sp³-hybridized carbons (Fsp3) is 0.182. The maximum Gasteiger partial charge on any atom is 0.274 e. The van der Waals surface area contributed by atoms with Crippen LogP contribution < -0.4 is 5.48 Å². The van der Waals surface area contributed by atoms with Gasteiger partial charge < -0.3 is 0 Å². The number of hydrogen-bond donors (Lipinski definition) is 2. The third kappa shape index (κ3) is 3.41. The van der Waals surface area contributed by atoms with Crippen molar-refractivity contribution in [3.8, 4) is 0 Å². The van der Waals surface area contributed by atoms with E-state index in [0.717, 1.165) is 6.42 Å². The van der Waals surface area contributed by atoms with Crippen LogP contribution in [-0.2, 0) is 6.42 Å². The van der Waals surface area contributed by atoms with Crippen molar-refractivity contribution in [2.45, 2.75) is 13.3 Å². The number of amides is 1. The van der Waals surface area contributed by atoms with Crippen molar-refractivity contribution in [1.29, 1.82) is 0 Å². The summed E-state index contributed by atoms with van der Waals surface area (Å²) in [4.78, 5) is 10.9. The lowest BCUT2D eigenvalue weighted by molar-refractivity contribution is 0.0706. The molecule has 0 heterocycles. The van der Waals surface area contributed by atoms with Crippen LogP contribution in [0, 0.1) is 0 Å². The van der Waals surface area contributed by atoms with E-state index in [9.17, 15) is 4.79 Å². The van der Waals surface area contributed by atoms with Gasteiger partial charge in [-0.25, -0.2) is 5.48 Å². The monoisotopic (exact) mass is 193 g/mol. The highest BCUT2D eigenvalue weighted by Gasteiger charge is 2.01. The Hall–Kier alpha value is -1.61. The van der Waals surface area contributed by atoms with Gasteiger partial charge in [0.2, 0.25) is 0 Å². The first-order chi connectivity index (χ1) is 6.77. The molecule has 0 atom stereocenters. The zero-order valence-electron chi connectivity index (χ0n) is 8.29. The molecule has 0 unspecified atom stereocenters. The second kappa shape index (κ2) is 6.86. The van der Waals surface area contributed by atoms with Crippen LogP contribution in [0.2, 0.25) is 0 Å². The van der Waals surface area contributed by atoms with Crippen molar-refractivity contribution in [3.63, 3.8) is 0 Å². The first-order valence-electron chi connectivity index (χ1n) is 4.31. The molecular weight excluding hydrogens is 178 g/mol. The van der Waals surface area contributed by atoms with Crippen molar-refractivity contribution < 1.29 is 10.0 Å². The maximum absolute atomic E-state index is 10.9. The Morgan fingerprint density at radius 2 is 1.86 bits per heavy atom. The molecule has 2 N–H and O–H groups in total. The van der Waals surface area contributed by atoms with Crippen molar-refractivity contribution in [1.82, 2.24) is 5.48 Å². The molecule has 14 heavy (non-hydrogen) atoms. The van der Waals surface area contributed by atoms with Crippen LogP contribution in [0.3, 0.4) is 0 Å². The highest BCUT2D eigenvalue weighted by molar-refractivity contribution is 5.93. The third-order valence-electron chi connectivity index (χ3n) is 1.73. The molecule has 0 saturated heterocycles. The van der Waals surface area contributed by atoms with Crippen LogP contribution in [0.1, 0.15) is 22.8 Å². The molecule has 0 radical (unpaired) electrons. The minimum atomic E-state index is -0.474. The van der Waals surface area contributed by atoms with Gasteiger partial charge in [-0.1, -0.05) is 19.1 Å². The summed E-state index contributed by atoms with van der Waals surface area (Å²) in [6.45, 7) is 8.04. The number of hydrogen-bond acceptors (Lipinski definition) is 2. The van der Waals surface area contributed by atoms with Crippen molar-refractivity contribution in [2.24, 2.45) is 0 Å². The standard InChI is InChI=1S/C9H11NO2.C2H4/c1-2-7-3-5-8(6-4-7)9(11)10-12;1-2/h3-6,12H,2H2,1H3,(H,10,11);1-2H2. The van der Waals surface area contributed by atoms with E-state index in [1.165, 1.54) is 5.56 Å². The molecule has 3 nitrogen and oxygen atoms in total. The summed E-state index contributed by atoms with van der Waals surface area (Å²) in [5, 5.41) is 8.32. The molecule has 3 heteroatoms.